The molecule has 6 nitrogen and oxygen atoms in total. The van der Waals surface area contributed by atoms with Crippen LogP contribution in [0.3, 0.4) is 0 Å². The third kappa shape index (κ3) is 2.62. The van der Waals surface area contributed by atoms with Gasteiger partial charge in [0.25, 0.3) is 5.56 Å². The fourth-order valence-corrected chi connectivity index (χ4v) is 3.18. The number of pyridine rings is 1. The fraction of sp³-hybridized carbons (Fsp3) is 0.438. The zero-order chi connectivity index (χ0) is 15.7. The summed E-state index contributed by atoms with van der Waals surface area (Å²) in [6.07, 6.45) is 7.49. The Hall–Kier alpha value is -2.21. The van der Waals surface area contributed by atoms with E-state index in [9.17, 15) is 9.59 Å². The van der Waals surface area contributed by atoms with Gasteiger partial charge in [0.2, 0.25) is 0 Å². The summed E-state index contributed by atoms with van der Waals surface area (Å²) in [6, 6.07) is 4.31. The molecular formula is C16H20N4O2. The highest BCUT2D eigenvalue weighted by Crippen LogP contribution is 2.32. The zero-order valence-corrected chi connectivity index (χ0v) is 12.9. The summed E-state index contributed by atoms with van der Waals surface area (Å²) in [5, 5.41) is 0. The van der Waals surface area contributed by atoms with Crippen molar-refractivity contribution in [1.82, 2.24) is 19.0 Å². The maximum absolute atomic E-state index is 12.3. The van der Waals surface area contributed by atoms with E-state index < -0.39 is 0 Å². The highest BCUT2D eigenvalue weighted by molar-refractivity contribution is 5.16. The topological polar surface area (TPSA) is 60.1 Å². The number of nitrogens with zero attached hydrogens (tertiary/aromatic N) is 4. The van der Waals surface area contributed by atoms with Crippen LogP contribution in [0, 0.1) is 0 Å². The summed E-state index contributed by atoms with van der Waals surface area (Å²) in [6.45, 7) is 1.51. The molecule has 0 radical (unpaired) electrons. The predicted molar refractivity (Wildman–Crippen MR) is 83.5 cm³/mol. The predicted octanol–water partition coefficient (Wildman–Crippen LogP) is 0.816. The van der Waals surface area contributed by atoms with Crippen LogP contribution >= 0.6 is 0 Å². The minimum atomic E-state index is -0.293. The van der Waals surface area contributed by atoms with Crippen LogP contribution in [0.15, 0.2) is 40.3 Å². The Labute approximate surface area is 128 Å². The third-order valence-electron chi connectivity index (χ3n) is 4.32. The van der Waals surface area contributed by atoms with E-state index in [2.05, 4.69) is 16.0 Å². The molecule has 0 amide bonds. The molecule has 0 saturated carbocycles. The third-order valence-corrected chi connectivity index (χ3v) is 4.32. The second-order valence-electron chi connectivity index (χ2n) is 5.83. The number of aryl methyl sites for hydroxylation is 1. The number of likely N-dealkylation sites (tertiary alicyclic amines) is 1. The first-order chi connectivity index (χ1) is 10.6. The van der Waals surface area contributed by atoms with Gasteiger partial charge in [-0.1, -0.05) is 6.07 Å². The lowest BCUT2D eigenvalue weighted by atomic mass is 10.1. The average molecular weight is 300 g/mol. The Morgan fingerprint density at radius 3 is 2.86 bits per heavy atom. The lowest BCUT2D eigenvalue weighted by Gasteiger charge is -2.24. The van der Waals surface area contributed by atoms with Gasteiger partial charge in [-0.3, -0.25) is 19.2 Å². The van der Waals surface area contributed by atoms with Crippen molar-refractivity contribution < 1.29 is 0 Å². The van der Waals surface area contributed by atoms with Gasteiger partial charge in [-0.2, -0.15) is 0 Å². The van der Waals surface area contributed by atoms with Crippen molar-refractivity contribution in [2.75, 3.05) is 6.54 Å². The van der Waals surface area contributed by atoms with E-state index >= 15 is 0 Å². The second kappa shape index (κ2) is 5.88. The highest BCUT2D eigenvalue weighted by atomic mass is 16.2. The first-order valence-corrected chi connectivity index (χ1v) is 7.47. The molecular weight excluding hydrogens is 280 g/mol. The SMILES string of the molecule is Cn1cc(CN2CCCC2c2cccnc2)c(=O)n(C)c1=O. The van der Waals surface area contributed by atoms with E-state index in [1.54, 1.807) is 19.4 Å². The van der Waals surface area contributed by atoms with E-state index in [0.29, 0.717) is 12.1 Å². The number of aromatic nitrogens is 3. The summed E-state index contributed by atoms with van der Waals surface area (Å²) in [5.41, 5.74) is 1.33. The smallest absolute Gasteiger partial charge is 0.303 e. The fourth-order valence-electron chi connectivity index (χ4n) is 3.18. The molecule has 1 saturated heterocycles. The summed E-state index contributed by atoms with van der Waals surface area (Å²) < 4.78 is 2.64. The van der Waals surface area contributed by atoms with Crippen LogP contribution in [0.2, 0.25) is 0 Å². The summed E-state index contributed by atoms with van der Waals surface area (Å²) in [4.78, 5) is 30.5. The Balaban J connectivity index is 1.90. The summed E-state index contributed by atoms with van der Waals surface area (Å²) >= 11 is 0. The minimum absolute atomic E-state index is 0.208. The molecule has 3 heterocycles. The number of rotatable bonds is 3. The van der Waals surface area contributed by atoms with Crippen LogP contribution in [0.25, 0.3) is 0 Å². The number of hydrogen-bond donors (Lipinski definition) is 0. The van der Waals surface area contributed by atoms with E-state index in [0.717, 1.165) is 19.4 Å². The van der Waals surface area contributed by atoms with E-state index in [4.69, 9.17) is 0 Å². The quantitative estimate of drug-likeness (QED) is 0.842. The van der Waals surface area contributed by atoms with Crippen LogP contribution in [0.4, 0.5) is 0 Å². The molecule has 1 unspecified atom stereocenters. The minimum Gasteiger partial charge on any atom is -0.303 e. The van der Waals surface area contributed by atoms with Crippen LogP contribution in [0.1, 0.15) is 30.0 Å². The van der Waals surface area contributed by atoms with Gasteiger partial charge in [0.1, 0.15) is 0 Å². The van der Waals surface area contributed by atoms with Crippen molar-refractivity contribution in [2.45, 2.75) is 25.4 Å². The normalized spacial score (nSPS) is 18.7. The molecule has 1 aliphatic rings. The molecule has 22 heavy (non-hydrogen) atoms. The largest absolute Gasteiger partial charge is 0.330 e. The lowest BCUT2D eigenvalue weighted by molar-refractivity contribution is 0.246. The molecule has 2 aromatic rings. The molecule has 0 aliphatic carbocycles. The zero-order valence-electron chi connectivity index (χ0n) is 12.9. The van der Waals surface area contributed by atoms with E-state index in [1.165, 1.54) is 21.7 Å². The second-order valence-corrected chi connectivity index (χ2v) is 5.83. The van der Waals surface area contributed by atoms with Gasteiger partial charge in [-0.15, -0.1) is 0 Å². The van der Waals surface area contributed by atoms with Gasteiger partial charge in [0, 0.05) is 50.8 Å². The molecule has 116 valence electrons. The van der Waals surface area contributed by atoms with Gasteiger partial charge in [0.15, 0.2) is 0 Å². The first kappa shape index (κ1) is 14.7. The molecule has 6 heteroatoms. The molecule has 0 N–H and O–H groups in total. The van der Waals surface area contributed by atoms with Crippen molar-refractivity contribution in [1.29, 1.82) is 0 Å². The van der Waals surface area contributed by atoms with Crippen LogP contribution in [0.5, 0.6) is 0 Å². The van der Waals surface area contributed by atoms with Crippen molar-refractivity contribution in [3.8, 4) is 0 Å². The molecule has 3 rings (SSSR count). The molecule has 0 aromatic carbocycles. The Morgan fingerprint density at radius 1 is 1.32 bits per heavy atom. The first-order valence-electron chi connectivity index (χ1n) is 7.47. The van der Waals surface area contributed by atoms with Crippen molar-refractivity contribution in [2.24, 2.45) is 14.1 Å². The maximum Gasteiger partial charge on any atom is 0.330 e. The Kier molecular flexibility index (Phi) is 3.94. The van der Waals surface area contributed by atoms with Crippen LogP contribution < -0.4 is 11.2 Å². The summed E-state index contributed by atoms with van der Waals surface area (Å²) in [5.74, 6) is 0. The Morgan fingerprint density at radius 2 is 2.14 bits per heavy atom. The molecule has 1 aliphatic heterocycles. The number of hydrogen-bond acceptors (Lipinski definition) is 4. The molecule has 2 aromatic heterocycles. The Bertz CT molecular complexity index is 779. The van der Waals surface area contributed by atoms with Crippen LogP contribution in [-0.2, 0) is 20.6 Å². The van der Waals surface area contributed by atoms with Crippen molar-refractivity contribution >= 4 is 0 Å². The molecule has 1 atom stereocenters. The van der Waals surface area contributed by atoms with Crippen molar-refractivity contribution in [3.63, 3.8) is 0 Å². The summed E-state index contributed by atoms with van der Waals surface area (Å²) in [7, 11) is 3.20. The highest BCUT2D eigenvalue weighted by Gasteiger charge is 2.27. The van der Waals surface area contributed by atoms with Gasteiger partial charge >= 0.3 is 5.69 Å². The molecule has 0 bridgehead atoms. The van der Waals surface area contributed by atoms with Crippen molar-refractivity contribution in [3.05, 3.63) is 62.7 Å². The van der Waals surface area contributed by atoms with Gasteiger partial charge < -0.3 is 4.57 Å². The van der Waals surface area contributed by atoms with Gasteiger partial charge in [-0.05, 0) is 31.0 Å². The monoisotopic (exact) mass is 300 g/mol. The van der Waals surface area contributed by atoms with Gasteiger partial charge in [0.05, 0.1) is 0 Å². The average Bonchev–Trinajstić information content (AvgIpc) is 2.99. The lowest BCUT2D eigenvalue weighted by Crippen LogP contribution is -2.40. The molecule has 1 fully saturated rings. The maximum atomic E-state index is 12.3. The standard InChI is InChI=1S/C16H20N4O2/c1-18-10-13(15(21)19(2)16(18)22)11-20-8-4-6-14(20)12-5-3-7-17-9-12/h3,5,7,9-10,14H,4,6,8,11H2,1-2H3. The van der Waals surface area contributed by atoms with E-state index in [1.807, 2.05) is 12.3 Å². The van der Waals surface area contributed by atoms with Crippen LogP contribution in [-0.4, -0.2) is 25.6 Å². The van der Waals surface area contributed by atoms with E-state index in [-0.39, 0.29) is 17.3 Å². The van der Waals surface area contributed by atoms with Gasteiger partial charge in [-0.25, -0.2) is 4.79 Å². The molecule has 0 spiro atoms.